The zero-order valence-corrected chi connectivity index (χ0v) is 25.5. The van der Waals surface area contributed by atoms with Crippen LogP contribution in [0.5, 0.6) is 5.75 Å². The molecule has 0 saturated carbocycles. The molecule has 0 aliphatic rings. The highest BCUT2D eigenvalue weighted by molar-refractivity contribution is 7.92. The summed E-state index contributed by atoms with van der Waals surface area (Å²) >= 11 is 0. The van der Waals surface area contributed by atoms with E-state index in [0.717, 1.165) is 30.5 Å². The smallest absolute Gasteiger partial charge is 0.335 e. The van der Waals surface area contributed by atoms with E-state index in [-0.39, 0.29) is 50.4 Å². The van der Waals surface area contributed by atoms with Gasteiger partial charge in [-0.15, -0.1) is 10.2 Å². The lowest BCUT2D eigenvalue weighted by atomic mass is 10.0. The Morgan fingerprint density at radius 2 is 1.50 bits per heavy atom. The summed E-state index contributed by atoms with van der Waals surface area (Å²) in [5.74, 6) is -4.12. The first-order valence-electron chi connectivity index (χ1n) is 12.9. The van der Waals surface area contributed by atoms with Gasteiger partial charge in [-0.1, -0.05) is 19.1 Å². The number of aromatic hydroxyl groups is 1. The Bertz CT molecular complexity index is 2210. The van der Waals surface area contributed by atoms with E-state index in [4.69, 9.17) is 0 Å². The van der Waals surface area contributed by atoms with Gasteiger partial charge < -0.3 is 20.6 Å². The summed E-state index contributed by atoms with van der Waals surface area (Å²) in [5.41, 5.74) is -1.86. The number of hydrogen-bond donors (Lipinski definition) is 5. The number of amides is 1. The van der Waals surface area contributed by atoms with Gasteiger partial charge in [0.1, 0.15) is 11.4 Å². The third kappa shape index (κ3) is 6.93. The average Bonchev–Trinajstić information content (AvgIpc) is 3.00. The molecule has 0 bridgehead atoms. The summed E-state index contributed by atoms with van der Waals surface area (Å²) in [4.78, 5) is 34.3. The summed E-state index contributed by atoms with van der Waals surface area (Å²) in [6.07, 6.45) is 0.934. The normalized spacial score (nSPS) is 11.7. The number of nitriles is 1. The molecule has 236 valence electrons. The Morgan fingerprint density at radius 3 is 2.07 bits per heavy atom. The molecule has 5 N–H and O–H groups in total. The number of rotatable bonds is 10. The number of carboxylic acids is 2. The van der Waals surface area contributed by atoms with E-state index in [2.05, 4.69) is 20.3 Å². The van der Waals surface area contributed by atoms with Crippen LogP contribution >= 0.6 is 0 Å². The van der Waals surface area contributed by atoms with Gasteiger partial charge >= 0.3 is 11.9 Å². The maximum atomic E-state index is 13.5. The fourth-order valence-electron chi connectivity index (χ4n) is 4.22. The first-order chi connectivity index (χ1) is 21.5. The van der Waals surface area contributed by atoms with Crippen LogP contribution in [-0.4, -0.2) is 56.3 Å². The molecule has 4 aromatic carbocycles. The number of phenols is 1. The van der Waals surface area contributed by atoms with Crippen LogP contribution in [0.25, 0.3) is 10.8 Å². The molecule has 46 heavy (non-hydrogen) atoms. The molecular formula is C29H23N5O10S2. The molecule has 0 aromatic heterocycles. The van der Waals surface area contributed by atoms with Crippen LogP contribution in [0, 0.1) is 11.3 Å². The largest absolute Gasteiger partial charge is 0.505 e. The van der Waals surface area contributed by atoms with Crippen molar-refractivity contribution in [2.75, 3.05) is 16.3 Å². The van der Waals surface area contributed by atoms with Crippen LogP contribution in [0.15, 0.2) is 80.7 Å². The molecule has 15 nitrogen and oxygen atoms in total. The molecule has 0 spiro atoms. The second-order valence-electron chi connectivity index (χ2n) is 9.65. The van der Waals surface area contributed by atoms with Crippen molar-refractivity contribution in [3.8, 4) is 11.8 Å². The summed E-state index contributed by atoms with van der Waals surface area (Å²) in [6.45, 7) is 1.56. The first kappa shape index (κ1) is 33.0. The number of hydrogen-bond acceptors (Lipinski definition) is 11. The van der Waals surface area contributed by atoms with Crippen LogP contribution in [-0.2, 0) is 24.7 Å². The van der Waals surface area contributed by atoms with Crippen LogP contribution in [0.2, 0.25) is 0 Å². The number of nitrogens with one attached hydrogen (secondary N) is 2. The minimum absolute atomic E-state index is 0.0308. The molecular weight excluding hydrogens is 642 g/mol. The second kappa shape index (κ2) is 12.6. The number of fused-ring (bicyclic) bond motifs is 1. The van der Waals surface area contributed by atoms with Crippen LogP contribution in [0.4, 0.5) is 22.7 Å². The third-order valence-electron chi connectivity index (χ3n) is 6.42. The fraction of sp³-hybridized carbons (Fsp3) is 0.103. The Balaban J connectivity index is 1.97. The quantitative estimate of drug-likeness (QED) is 0.114. The Labute approximate surface area is 261 Å². The lowest BCUT2D eigenvalue weighted by Crippen LogP contribution is -2.15. The number of anilines is 2. The number of carboxylic acid groups (broad SMARTS) is 2. The van der Waals surface area contributed by atoms with E-state index in [1.807, 2.05) is 6.07 Å². The molecule has 1 amide bonds. The molecule has 0 atom stereocenters. The van der Waals surface area contributed by atoms with Crippen molar-refractivity contribution in [1.82, 2.24) is 0 Å². The number of azo groups is 1. The highest BCUT2D eigenvalue weighted by Crippen LogP contribution is 2.44. The summed E-state index contributed by atoms with van der Waals surface area (Å²) in [5, 5.41) is 49.6. The van der Waals surface area contributed by atoms with Crippen molar-refractivity contribution in [2.45, 2.75) is 23.1 Å². The highest BCUT2D eigenvalue weighted by Gasteiger charge is 2.23. The lowest BCUT2D eigenvalue weighted by molar-refractivity contribution is -0.115. The third-order valence-corrected chi connectivity index (χ3v) is 8.89. The number of carbonyl (C=O) groups is 3. The molecule has 0 saturated heterocycles. The zero-order valence-electron chi connectivity index (χ0n) is 23.8. The molecule has 0 unspecified atom stereocenters. The maximum absolute atomic E-state index is 13.5. The number of sulfone groups is 1. The number of aromatic carboxylic acids is 2. The second-order valence-corrected chi connectivity index (χ2v) is 13.3. The minimum atomic E-state index is -4.69. The van der Waals surface area contributed by atoms with Crippen LogP contribution < -0.4 is 10.0 Å². The van der Waals surface area contributed by atoms with E-state index in [1.54, 1.807) is 6.92 Å². The minimum Gasteiger partial charge on any atom is -0.505 e. The molecule has 0 fully saturated rings. The van der Waals surface area contributed by atoms with Gasteiger partial charge in [-0.3, -0.25) is 9.52 Å². The monoisotopic (exact) mass is 665 g/mol. The van der Waals surface area contributed by atoms with Crippen molar-refractivity contribution in [3.05, 3.63) is 77.4 Å². The van der Waals surface area contributed by atoms with Gasteiger partial charge in [0.05, 0.1) is 49.6 Å². The van der Waals surface area contributed by atoms with E-state index in [1.165, 1.54) is 36.4 Å². The van der Waals surface area contributed by atoms with Gasteiger partial charge in [0.25, 0.3) is 10.0 Å². The summed E-state index contributed by atoms with van der Waals surface area (Å²) in [6, 6.07) is 12.9. The average molecular weight is 666 g/mol. The van der Waals surface area contributed by atoms with Crippen molar-refractivity contribution in [3.63, 3.8) is 0 Å². The van der Waals surface area contributed by atoms with E-state index < -0.39 is 59.5 Å². The highest BCUT2D eigenvalue weighted by atomic mass is 32.2. The Kier molecular flexibility index (Phi) is 9.07. The standard InChI is InChI=1S/C29H23N5O10S2/c1-3-25(35)31-23-13-22(33-32-20-8-7-15(14-30)9-24(20)45(2,41)42)26-19(27(23)36)5-4-6-21(26)34-46(43,44)18-11-16(28(37)38)10-17(12-18)29(39)40/h4-13,34,36H,3H2,1-2H3,(H,31,35)(H,37,38)(H,39,40). The number of sulfonamides is 1. The van der Waals surface area contributed by atoms with Gasteiger partial charge in [-0.2, -0.15) is 5.26 Å². The Morgan fingerprint density at radius 1 is 0.870 bits per heavy atom. The Hall–Kier alpha value is -5.86. The van der Waals surface area contributed by atoms with Gasteiger partial charge in [-0.25, -0.2) is 26.4 Å². The van der Waals surface area contributed by atoms with E-state index in [9.17, 15) is 51.8 Å². The van der Waals surface area contributed by atoms with Gasteiger partial charge in [0.15, 0.2) is 9.84 Å². The number of carbonyl (C=O) groups excluding carboxylic acids is 1. The van der Waals surface area contributed by atoms with Crippen molar-refractivity contribution in [2.24, 2.45) is 10.2 Å². The number of benzene rings is 4. The molecule has 0 radical (unpaired) electrons. The number of nitrogens with zero attached hydrogens (tertiary/aromatic N) is 3. The predicted octanol–water partition coefficient (Wildman–Crippen LogP) is 4.78. The SMILES string of the molecule is CCC(=O)Nc1cc(N=Nc2ccc(C#N)cc2S(C)(=O)=O)c2c(NS(=O)(=O)c3cc(C(=O)O)cc(C(=O)O)c3)cccc2c1O. The van der Waals surface area contributed by atoms with Crippen molar-refractivity contribution >= 4 is 71.2 Å². The lowest BCUT2D eigenvalue weighted by Gasteiger charge is -2.16. The molecule has 0 aliphatic carbocycles. The van der Waals surface area contributed by atoms with E-state index >= 15 is 0 Å². The predicted molar refractivity (Wildman–Crippen MR) is 164 cm³/mol. The molecule has 0 heterocycles. The van der Waals surface area contributed by atoms with E-state index in [0.29, 0.717) is 0 Å². The van der Waals surface area contributed by atoms with Crippen molar-refractivity contribution < 1.29 is 46.5 Å². The number of phenolic OH excluding ortho intramolecular Hbond substituents is 1. The van der Waals surface area contributed by atoms with Gasteiger partial charge in [0, 0.05) is 23.4 Å². The molecule has 4 aromatic rings. The first-order valence-corrected chi connectivity index (χ1v) is 16.3. The zero-order chi connectivity index (χ0) is 34.0. The molecule has 17 heteroatoms. The topological polar surface area (TPSA) is 253 Å². The summed E-state index contributed by atoms with van der Waals surface area (Å²) in [7, 11) is -8.60. The molecule has 0 aliphatic heterocycles. The summed E-state index contributed by atoms with van der Waals surface area (Å²) < 4.78 is 54.1. The van der Waals surface area contributed by atoms with Gasteiger partial charge in [0.2, 0.25) is 5.91 Å². The van der Waals surface area contributed by atoms with Crippen LogP contribution in [0.3, 0.4) is 0 Å². The fourth-order valence-corrected chi connectivity index (χ4v) is 6.19. The molecule has 4 rings (SSSR count). The van der Waals surface area contributed by atoms with Crippen LogP contribution in [0.1, 0.15) is 39.6 Å². The van der Waals surface area contributed by atoms with Crippen molar-refractivity contribution in [1.29, 1.82) is 5.26 Å². The van der Waals surface area contributed by atoms with Gasteiger partial charge in [-0.05, 0) is 48.5 Å². The maximum Gasteiger partial charge on any atom is 0.335 e.